The van der Waals surface area contributed by atoms with E-state index in [0.717, 1.165) is 12.1 Å². The van der Waals surface area contributed by atoms with Gasteiger partial charge < -0.3 is 20.3 Å². The van der Waals surface area contributed by atoms with Gasteiger partial charge in [0.2, 0.25) is 0 Å². The number of alkyl halides is 3. The summed E-state index contributed by atoms with van der Waals surface area (Å²) >= 11 is 0. The molecule has 0 aliphatic heterocycles. The van der Waals surface area contributed by atoms with Crippen molar-refractivity contribution in [2.24, 2.45) is 5.73 Å². The molecule has 0 aliphatic rings. The quantitative estimate of drug-likeness (QED) is 0.649. The topological polar surface area (TPSA) is 81.8 Å². The third-order valence-corrected chi connectivity index (χ3v) is 4.07. The van der Waals surface area contributed by atoms with E-state index in [-0.39, 0.29) is 22.6 Å². The van der Waals surface area contributed by atoms with Crippen LogP contribution in [0.2, 0.25) is 0 Å². The van der Waals surface area contributed by atoms with Crippen LogP contribution in [0.25, 0.3) is 0 Å². The predicted octanol–water partition coefficient (Wildman–Crippen LogP) is 4.10. The van der Waals surface area contributed by atoms with Crippen LogP contribution in [0.15, 0.2) is 78.9 Å². The van der Waals surface area contributed by atoms with Crippen LogP contribution in [0.1, 0.15) is 11.1 Å². The van der Waals surface area contributed by atoms with E-state index in [1.165, 1.54) is 36.4 Å². The molecule has 1 atom stereocenters. The molecule has 5 nitrogen and oxygen atoms in total. The van der Waals surface area contributed by atoms with Crippen LogP contribution in [-0.2, 0) is 10.4 Å². The number of nitrogens with two attached hydrogens (primary N) is 1. The minimum Gasteiger partial charge on any atom is -0.457 e. The molecule has 0 radical (unpaired) electrons. The van der Waals surface area contributed by atoms with Gasteiger partial charge in [0, 0.05) is 11.6 Å². The Morgan fingerprint density at radius 1 is 0.793 bits per heavy atom. The number of rotatable bonds is 6. The zero-order valence-corrected chi connectivity index (χ0v) is 14.9. The van der Waals surface area contributed by atoms with E-state index < -0.39 is 23.6 Å². The van der Waals surface area contributed by atoms with Gasteiger partial charge in [0.1, 0.15) is 17.2 Å². The van der Waals surface area contributed by atoms with Crippen molar-refractivity contribution in [3.8, 4) is 17.2 Å². The maximum Gasteiger partial charge on any atom is 0.573 e. The minimum absolute atomic E-state index is 0.0752. The van der Waals surface area contributed by atoms with Crippen LogP contribution in [0.5, 0.6) is 17.2 Å². The number of hydrogen-bond acceptors (Lipinski definition) is 4. The average Bonchev–Trinajstić information content (AvgIpc) is 2.67. The number of benzene rings is 3. The molecule has 1 amide bonds. The molecule has 0 aromatic heterocycles. The number of carbonyl (C=O) groups is 1. The molecule has 0 aliphatic carbocycles. The normalized spacial score (nSPS) is 13.4. The Bertz CT molecular complexity index is 1010. The van der Waals surface area contributed by atoms with E-state index in [1.54, 1.807) is 30.3 Å². The third-order valence-electron chi connectivity index (χ3n) is 4.07. The fourth-order valence-corrected chi connectivity index (χ4v) is 2.79. The molecule has 3 aromatic rings. The number of ether oxygens (including phenoxy) is 2. The summed E-state index contributed by atoms with van der Waals surface area (Å²) in [5, 5.41) is 11.0. The van der Waals surface area contributed by atoms with E-state index >= 15 is 0 Å². The highest BCUT2D eigenvalue weighted by atomic mass is 19.4. The van der Waals surface area contributed by atoms with Gasteiger partial charge in [-0.15, -0.1) is 13.2 Å². The third kappa shape index (κ3) is 4.67. The van der Waals surface area contributed by atoms with Crippen LogP contribution in [-0.4, -0.2) is 17.4 Å². The Balaban J connectivity index is 1.92. The fourth-order valence-electron chi connectivity index (χ4n) is 2.79. The lowest BCUT2D eigenvalue weighted by atomic mass is 9.85. The first kappa shape index (κ1) is 20.2. The van der Waals surface area contributed by atoms with E-state index in [9.17, 15) is 23.1 Å². The van der Waals surface area contributed by atoms with Crippen molar-refractivity contribution in [2.45, 2.75) is 12.0 Å². The second kappa shape index (κ2) is 7.84. The molecule has 0 heterocycles. The summed E-state index contributed by atoms with van der Waals surface area (Å²) in [6.07, 6.45) is -4.83. The lowest BCUT2D eigenvalue weighted by molar-refractivity contribution is -0.274. The van der Waals surface area contributed by atoms with Crippen LogP contribution >= 0.6 is 0 Å². The van der Waals surface area contributed by atoms with Crippen molar-refractivity contribution in [1.29, 1.82) is 0 Å². The number of aliphatic hydroxyl groups is 1. The number of carbonyl (C=O) groups excluding carboxylic acids is 1. The van der Waals surface area contributed by atoms with Gasteiger partial charge >= 0.3 is 6.36 Å². The van der Waals surface area contributed by atoms with Gasteiger partial charge in [-0.05, 0) is 29.8 Å². The highest BCUT2D eigenvalue weighted by Crippen LogP contribution is 2.34. The molecule has 8 heteroatoms. The molecule has 1 unspecified atom stereocenters. The molecule has 0 saturated carbocycles. The van der Waals surface area contributed by atoms with E-state index in [1.807, 2.05) is 0 Å². The minimum atomic E-state index is -4.83. The van der Waals surface area contributed by atoms with Crippen molar-refractivity contribution in [3.63, 3.8) is 0 Å². The van der Waals surface area contributed by atoms with Gasteiger partial charge in [0.25, 0.3) is 5.91 Å². The summed E-state index contributed by atoms with van der Waals surface area (Å²) in [4.78, 5) is 12.1. The standard InChI is InChI=1S/C21H16F3NO4/c22-21(23,24)29-18-11-5-10-17(13-18)28-16-9-4-8-15(12-16)20(27,19(25)26)14-6-2-1-3-7-14/h1-13,27H,(H2,25,26). The second-order valence-electron chi connectivity index (χ2n) is 6.09. The van der Waals surface area contributed by atoms with Crippen molar-refractivity contribution in [2.75, 3.05) is 0 Å². The summed E-state index contributed by atoms with van der Waals surface area (Å²) in [5.41, 5.74) is 3.77. The first-order chi connectivity index (χ1) is 13.7. The van der Waals surface area contributed by atoms with E-state index in [2.05, 4.69) is 4.74 Å². The maximum absolute atomic E-state index is 12.4. The number of primary amides is 1. The molecule has 29 heavy (non-hydrogen) atoms. The van der Waals surface area contributed by atoms with Gasteiger partial charge in [-0.25, -0.2) is 0 Å². The van der Waals surface area contributed by atoms with Gasteiger partial charge in [0.15, 0.2) is 5.60 Å². The Morgan fingerprint density at radius 2 is 1.34 bits per heavy atom. The molecule has 150 valence electrons. The maximum atomic E-state index is 12.4. The number of halogens is 3. The molecular weight excluding hydrogens is 387 g/mol. The molecule has 0 bridgehead atoms. The van der Waals surface area contributed by atoms with E-state index in [4.69, 9.17) is 10.5 Å². The summed E-state index contributed by atoms with van der Waals surface area (Å²) in [6, 6.07) is 19.0. The van der Waals surface area contributed by atoms with Crippen molar-refractivity contribution in [3.05, 3.63) is 90.0 Å². The summed E-state index contributed by atoms with van der Waals surface area (Å²) < 4.78 is 46.6. The van der Waals surface area contributed by atoms with Crippen LogP contribution in [0, 0.1) is 0 Å². The van der Waals surface area contributed by atoms with Crippen LogP contribution in [0.4, 0.5) is 13.2 Å². The van der Waals surface area contributed by atoms with Gasteiger partial charge in [-0.2, -0.15) is 0 Å². The van der Waals surface area contributed by atoms with Crippen molar-refractivity contribution >= 4 is 5.91 Å². The summed E-state index contributed by atoms with van der Waals surface area (Å²) in [5.74, 6) is -1.17. The van der Waals surface area contributed by atoms with Gasteiger partial charge in [-0.1, -0.05) is 48.5 Å². The molecule has 3 N–H and O–H groups in total. The van der Waals surface area contributed by atoms with Crippen LogP contribution in [0.3, 0.4) is 0 Å². The highest BCUT2D eigenvalue weighted by molar-refractivity contribution is 5.88. The Labute approximate surface area is 164 Å². The molecule has 0 fully saturated rings. The van der Waals surface area contributed by atoms with Gasteiger partial charge in [-0.3, -0.25) is 4.79 Å². The molecule has 3 rings (SSSR count). The largest absolute Gasteiger partial charge is 0.573 e. The van der Waals surface area contributed by atoms with E-state index in [0.29, 0.717) is 0 Å². The van der Waals surface area contributed by atoms with Crippen molar-refractivity contribution in [1.82, 2.24) is 0 Å². The lowest BCUT2D eigenvalue weighted by Crippen LogP contribution is -2.42. The zero-order valence-electron chi connectivity index (χ0n) is 14.9. The smallest absolute Gasteiger partial charge is 0.457 e. The highest BCUT2D eigenvalue weighted by Gasteiger charge is 2.38. The Morgan fingerprint density at radius 3 is 1.97 bits per heavy atom. The SMILES string of the molecule is NC(=O)C(O)(c1ccccc1)c1cccc(Oc2cccc(OC(F)(F)F)c2)c1. The molecule has 0 saturated heterocycles. The first-order valence-electron chi connectivity index (χ1n) is 8.40. The number of hydrogen-bond donors (Lipinski definition) is 2. The Hall–Kier alpha value is -3.52. The molecular formula is C21H16F3NO4. The van der Waals surface area contributed by atoms with Crippen LogP contribution < -0.4 is 15.2 Å². The van der Waals surface area contributed by atoms with Crippen molar-refractivity contribution < 1.29 is 32.5 Å². The zero-order chi connectivity index (χ0) is 21.1. The molecule has 3 aromatic carbocycles. The van der Waals surface area contributed by atoms with Gasteiger partial charge in [0.05, 0.1) is 0 Å². The monoisotopic (exact) mass is 403 g/mol. The summed E-state index contributed by atoms with van der Waals surface area (Å²) in [7, 11) is 0. The predicted molar refractivity (Wildman–Crippen MR) is 98.3 cm³/mol. The molecule has 0 spiro atoms. The summed E-state index contributed by atoms with van der Waals surface area (Å²) in [6.45, 7) is 0. The fraction of sp³-hybridized carbons (Fsp3) is 0.0952. The lowest BCUT2D eigenvalue weighted by Gasteiger charge is -2.26. The second-order valence-corrected chi connectivity index (χ2v) is 6.09. The average molecular weight is 403 g/mol. The Kier molecular flexibility index (Phi) is 5.47. The first-order valence-corrected chi connectivity index (χ1v) is 8.40. The number of amides is 1.